The maximum atomic E-state index is 12.0. The quantitative estimate of drug-likeness (QED) is 0.472. The van der Waals surface area contributed by atoms with Crippen LogP contribution in [-0.2, 0) is 9.16 Å². The molecule has 0 spiro atoms. The summed E-state index contributed by atoms with van der Waals surface area (Å²) in [5.74, 6) is -1.03. The fraction of sp³-hybridized carbons (Fsp3) is 0.286. The van der Waals surface area contributed by atoms with E-state index in [1.165, 1.54) is 6.08 Å². The lowest BCUT2D eigenvalue weighted by atomic mass is 10.1. The van der Waals surface area contributed by atoms with Gasteiger partial charge >= 0.3 is 11.9 Å². The molecular formula is C14H18O4Si. The van der Waals surface area contributed by atoms with Gasteiger partial charge in [0.2, 0.25) is 8.32 Å². The van der Waals surface area contributed by atoms with Crippen LogP contribution in [0.4, 0.5) is 0 Å². The van der Waals surface area contributed by atoms with Gasteiger partial charge < -0.3 is 9.16 Å². The second-order valence-corrected chi connectivity index (χ2v) is 9.36. The van der Waals surface area contributed by atoms with E-state index >= 15 is 0 Å². The normalized spacial score (nSPS) is 10.7. The number of carbonyl (C=O) groups excluding carboxylic acids is 2. The monoisotopic (exact) mass is 278 g/mol. The molecule has 0 saturated heterocycles. The molecule has 1 aromatic rings. The largest absolute Gasteiger partial charge is 0.516 e. The average Bonchev–Trinajstić information content (AvgIpc) is 2.34. The molecule has 0 atom stereocenters. The van der Waals surface area contributed by atoms with Gasteiger partial charge in [-0.15, -0.1) is 0 Å². The van der Waals surface area contributed by atoms with E-state index in [0.717, 1.165) is 0 Å². The number of benzene rings is 1. The fourth-order valence-electron chi connectivity index (χ4n) is 1.38. The lowest BCUT2D eigenvalue weighted by Crippen LogP contribution is -2.30. The molecule has 0 bridgehead atoms. The van der Waals surface area contributed by atoms with Crippen molar-refractivity contribution in [2.75, 3.05) is 6.61 Å². The van der Waals surface area contributed by atoms with E-state index in [2.05, 4.69) is 6.58 Å². The van der Waals surface area contributed by atoms with E-state index < -0.39 is 20.3 Å². The van der Waals surface area contributed by atoms with Crippen molar-refractivity contribution in [3.05, 3.63) is 48.0 Å². The maximum Gasteiger partial charge on any atom is 0.339 e. The van der Waals surface area contributed by atoms with E-state index in [9.17, 15) is 9.59 Å². The molecule has 0 aliphatic rings. The Morgan fingerprint density at radius 2 is 1.68 bits per heavy atom. The average molecular weight is 278 g/mol. The number of hydrogen-bond acceptors (Lipinski definition) is 4. The summed E-state index contributed by atoms with van der Waals surface area (Å²) in [5, 5.41) is 0. The molecule has 0 heterocycles. The standard InChI is InChI=1S/C14H18O4Si/c1-5-10-17-13(15)11-8-6-7-9-12(11)14(16)18-19(2,3)4/h5-9H,1,10H2,2-4H3. The molecule has 4 nitrogen and oxygen atoms in total. The van der Waals surface area contributed by atoms with Crippen LogP contribution in [-0.4, -0.2) is 26.9 Å². The van der Waals surface area contributed by atoms with Crippen molar-refractivity contribution < 1.29 is 18.8 Å². The molecule has 0 aliphatic carbocycles. The predicted molar refractivity (Wildman–Crippen MR) is 75.7 cm³/mol. The maximum absolute atomic E-state index is 12.0. The zero-order valence-electron chi connectivity index (χ0n) is 11.4. The van der Waals surface area contributed by atoms with Crippen LogP contribution in [0.5, 0.6) is 0 Å². The molecule has 0 unspecified atom stereocenters. The summed E-state index contributed by atoms with van der Waals surface area (Å²) in [7, 11) is -2.00. The van der Waals surface area contributed by atoms with Crippen LogP contribution in [0, 0.1) is 0 Å². The van der Waals surface area contributed by atoms with Crippen LogP contribution < -0.4 is 0 Å². The molecule has 0 aliphatic heterocycles. The molecule has 1 rings (SSSR count). The van der Waals surface area contributed by atoms with Gasteiger partial charge in [-0.2, -0.15) is 0 Å². The van der Waals surface area contributed by atoms with Gasteiger partial charge in [0.05, 0.1) is 11.1 Å². The van der Waals surface area contributed by atoms with Crippen LogP contribution in [0.15, 0.2) is 36.9 Å². The first-order chi connectivity index (χ1) is 8.85. The Morgan fingerprint density at radius 3 is 2.16 bits per heavy atom. The van der Waals surface area contributed by atoms with Gasteiger partial charge in [-0.1, -0.05) is 24.8 Å². The van der Waals surface area contributed by atoms with Gasteiger partial charge in [0.25, 0.3) is 0 Å². The highest BCUT2D eigenvalue weighted by Crippen LogP contribution is 2.15. The Kier molecular flexibility index (Phi) is 5.06. The second-order valence-electron chi connectivity index (χ2n) is 4.93. The van der Waals surface area contributed by atoms with Gasteiger partial charge in [0.15, 0.2) is 0 Å². The van der Waals surface area contributed by atoms with Gasteiger partial charge in [-0.05, 0) is 31.8 Å². The summed E-state index contributed by atoms with van der Waals surface area (Å²) in [5.41, 5.74) is 0.451. The molecular weight excluding hydrogens is 260 g/mol. The Balaban J connectivity index is 2.98. The van der Waals surface area contributed by atoms with Crippen molar-refractivity contribution in [3.8, 4) is 0 Å². The zero-order valence-corrected chi connectivity index (χ0v) is 12.4. The molecule has 1 aromatic carbocycles. The van der Waals surface area contributed by atoms with Crippen LogP contribution in [0.2, 0.25) is 19.6 Å². The minimum Gasteiger partial charge on any atom is -0.516 e. The van der Waals surface area contributed by atoms with E-state index in [1.807, 2.05) is 19.6 Å². The number of hydrogen-bond donors (Lipinski definition) is 0. The SMILES string of the molecule is C=CCOC(=O)c1ccccc1C(=O)O[Si](C)(C)C. The van der Waals surface area contributed by atoms with Crippen LogP contribution in [0.3, 0.4) is 0 Å². The number of rotatable bonds is 5. The van der Waals surface area contributed by atoms with Crippen LogP contribution >= 0.6 is 0 Å². The summed E-state index contributed by atoms with van der Waals surface area (Å²) in [4.78, 5) is 23.9. The molecule has 0 N–H and O–H groups in total. The Morgan fingerprint density at radius 1 is 1.16 bits per heavy atom. The lowest BCUT2D eigenvalue weighted by molar-refractivity contribution is 0.0538. The molecule has 5 heteroatoms. The lowest BCUT2D eigenvalue weighted by Gasteiger charge is -2.18. The molecule has 0 amide bonds. The molecule has 102 valence electrons. The highest BCUT2D eigenvalue weighted by molar-refractivity contribution is 6.71. The van der Waals surface area contributed by atoms with Crippen molar-refractivity contribution in [2.45, 2.75) is 19.6 Å². The van der Waals surface area contributed by atoms with E-state index in [1.54, 1.807) is 24.3 Å². The van der Waals surface area contributed by atoms with Crippen molar-refractivity contribution in [3.63, 3.8) is 0 Å². The topological polar surface area (TPSA) is 52.6 Å². The third-order valence-corrected chi connectivity index (χ3v) is 2.90. The number of esters is 1. The molecule has 0 saturated carbocycles. The third-order valence-electron chi connectivity index (χ3n) is 2.10. The minimum atomic E-state index is -2.00. The molecule has 0 fully saturated rings. The van der Waals surface area contributed by atoms with Crippen molar-refractivity contribution in [1.82, 2.24) is 0 Å². The summed E-state index contributed by atoms with van der Waals surface area (Å²) in [6.07, 6.45) is 1.47. The number of carbonyl (C=O) groups is 2. The number of ether oxygens (including phenoxy) is 1. The molecule has 0 radical (unpaired) electrons. The van der Waals surface area contributed by atoms with E-state index in [0.29, 0.717) is 0 Å². The third kappa shape index (κ3) is 4.71. The molecule has 0 aromatic heterocycles. The summed E-state index contributed by atoms with van der Waals surface area (Å²) in [6, 6.07) is 6.47. The van der Waals surface area contributed by atoms with Crippen molar-refractivity contribution >= 4 is 20.3 Å². The van der Waals surface area contributed by atoms with Gasteiger partial charge in [0.1, 0.15) is 6.61 Å². The summed E-state index contributed by atoms with van der Waals surface area (Å²) >= 11 is 0. The Hall–Kier alpha value is -1.88. The second kappa shape index (κ2) is 6.33. The fourth-order valence-corrected chi connectivity index (χ4v) is 2.05. The Bertz CT molecular complexity index is 488. The van der Waals surface area contributed by atoms with Gasteiger partial charge in [-0.25, -0.2) is 9.59 Å². The van der Waals surface area contributed by atoms with Crippen LogP contribution in [0.1, 0.15) is 20.7 Å². The smallest absolute Gasteiger partial charge is 0.339 e. The summed E-state index contributed by atoms with van der Waals surface area (Å²) < 4.78 is 10.3. The van der Waals surface area contributed by atoms with Gasteiger partial charge in [-0.3, -0.25) is 0 Å². The molecule has 19 heavy (non-hydrogen) atoms. The first-order valence-electron chi connectivity index (χ1n) is 5.95. The Labute approximate surface area is 114 Å². The highest BCUT2D eigenvalue weighted by Gasteiger charge is 2.24. The van der Waals surface area contributed by atoms with Crippen molar-refractivity contribution in [1.29, 1.82) is 0 Å². The van der Waals surface area contributed by atoms with E-state index in [-0.39, 0.29) is 17.7 Å². The summed E-state index contributed by atoms with van der Waals surface area (Å²) in [6.45, 7) is 9.30. The van der Waals surface area contributed by atoms with Gasteiger partial charge in [0, 0.05) is 0 Å². The first-order valence-corrected chi connectivity index (χ1v) is 9.36. The van der Waals surface area contributed by atoms with Crippen molar-refractivity contribution in [2.24, 2.45) is 0 Å². The predicted octanol–water partition coefficient (Wildman–Crippen LogP) is 3.02. The minimum absolute atomic E-state index is 0.107. The van der Waals surface area contributed by atoms with E-state index in [4.69, 9.17) is 9.16 Å². The zero-order chi connectivity index (χ0) is 14.5. The first kappa shape index (κ1) is 15.2. The highest BCUT2D eigenvalue weighted by atomic mass is 28.4. The van der Waals surface area contributed by atoms with Crippen LogP contribution in [0.25, 0.3) is 0 Å².